The van der Waals surface area contributed by atoms with Crippen LogP contribution >= 0.6 is 11.3 Å². The summed E-state index contributed by atoms with van der Waals surface area (Å²) in [6.45, 7) is 1.63. The Hall–Kier alpha value is -3.11. The number of nitrogens with one attached hydrogen (secondary N) is 2. The second-order valence-electron chi connectivity index (χ2n) is 6.09. The van der Waals surface area contributed by atoms with Gasteiger partial charge in [0.1, 0.15) is 4.88 Å². The molecule has 0 fully saturated rings. The summed E-state index contributed by atoms with van der Waals surface area (Å²) < 4.78 is 38.7. The lowest BCUT2D eigenvalue weighted by Crippen LogP contribution is -2.14. The maximum Gasteiger partial charge on any atom is 0.417 e. The van der Waals surface area contributed by atoms with Crippen molar-refractivity contribution in [2.75, 3.05) is 11.8 Å². The van der Waals surface area contributed by atoms with Gasteiger partial charge in [0.25, 0.3) is 10.0 Å². The van der Waals surface area contributed by atoms with E-state index in [1.165, 1.54) is 24.5 Å². The third-order valence-electron chi connectivity index (χ3n) is 4.16. The number of anilines is 1. The molecule has 2 heterocycles. The molecule has 0 aliphatic heterocycles. The molecule has 4 aromatic rings. The van der Waals surface area contributed by atoms with E-state index in [1.807, 2.05) is 0 Å². The van der Waals surface area contributed by atoms with Gasteiger partial charge >= 0.3 is 11.7 Å². The minimum absolute atomic E-state index is 0.00316. The number of aryl methyl sites for hydroxylation is 1. The van der Waals surface area contributed by atoms with Gasteiger partial charge in [-0.1, -0.05) is 0 Å². The van der Waals surface area contributed by atoms with Gasteiger partial charge in [0, 0.05) is 16.5 Å². The van der Waals surface area contributed by atoms with Gasteiger partial charge in [0.05, 0.1) is 17.5 Å². The summed E-state index contributed by atoms with van der Waals surface area (Å²) in [5, 5.41) is 0.717. The van der Waals surface area contributed by atoms with Crippen molar-refractivity contribution in [1.29, 1.82) is 0 Å². The van der Waals surface area contributed by atoms with E-state index in [0.717, 1.165) is 10.1 Å². The normalized spacial score (nSPS) is 11.8. The molecule has 8 nitrogen and oxygen atoms in total. The summed E-state index contributed by atoms with van der Waals surface area (Å²) in [7, 11) is -2.62. The fraction of sp³-hybridized carbons (Fsp3) is 0.111. The second-order valence-corrected chi connectivity index (χ2v) is 8.82. The zero-order chi connectivity index (χ0) is 20.1. The third-order valence-corrected chi connectivity index (χ3v) is 6.78. The third kappa shape index (κ3) is 3.16. The summed E-state index contributed by atoms with van der Waals surface area (Å²) in [5.41, 5.74) is 1.39. The number of aromatic nitrogens is 1. The summed E-state index contributed by atoms with van der Waals surface area (Å²) in [6, 6.07) is 9.48. The number of oxazole rings is 1. The first-order valence-electron chi connectivity index (χ1n) is 8.05. The van der Waals surface area contributed by atoms with Crippen LogP contribution in [0.15, 0.2) is 50.5 Å². The molecular weight excluding hydrogens is 404 g/mol. The number of esters is 1. The Bertz CT molecular complexity index is 1390. The Labute approximate surface area is 162 Å². The Morgan fingerprint density at radius 2 is 2.00 bits per heavy atom. The number of aromatic amines is 1. The van der Waals surface area contributed by atoms with Gasteiger partial charge in [-0.05, 0) is 48.2 Å². The number of carbonyl (C=O) groups excluding carboxylic acids is 1. The van der Waals surface area contributed by atoms with Crippen LogP contribution in [0.1, 0.15) is 15.2 Å². The number of hydrogen-bond donors (Lipinski definition) is 2. The molecule has 0 aliphatic carbocycles. The van der Waals surface area contributed by atoms with Crippen molar-refractivity contribution in [1.82, 2.24) is 4.98 Å². The number of benzene rings is 2. The smallest absolute Gasteiger partial charge is 0.417 e. The van der Waals surface area contributed by atoms with Crippen molar-refractivity contribution in [3.63, 3.8) is 0 Å². The van der Waals surface area contributed by atoms with Gasteiger partial charge in [-0.2, -0.15) is 0 Å². The molecular formula is C18H14N2O6S2. The molecule has 10 heteroatoms. The monoisotopic (exact) mass is 418 g/mol. The van der Waals surface area contributed by atoms with E-state index in [-0.39, 0.29) is 10.5 Å². The molecule has 0 unspecified atom stereocenters. The molecule has 2 aromatic heterocycles. The van der Waals surface area contributed by atoms with Gasteiger partial charge in [-0.15, -0.1) is 11.3 Å². The number of H-pyrrole nitrogens is 1. The predicted octanol–water partition coefficient (Wildman–Crippen LogP) is 3.23. The number of rotatable bonds is 4. The average molecular weight is 418 g/mol. The van der Waals surface area contributed by atoms with Crippen LogP contribution in [-0.4, -0.2) is 26.5 Å². The minimum atomic E-state index is -3.92. The van der Waals surface area contributed by atoms with E-state index in [4.69, 9.17) is 9.15 Å². The number of thiophene rings is 1. The van der Waals surface area contributed by atoms with E-state index in [9.17, 15) is 18.0 Å². The van der Waals surface area contributed by atoms with E-state index in [1.54, 1.807) is 37.3 Å². The van der Waals surface area contributed by atoms with Gasteiger partial charge in [0.15, 0.2) is 5.58 Å². The molecule has 0 bridgehead atoms. The Morgan fingerprint density at radius 1 is 1.21 bits per heavy atom. The van der Waals surface area contributed by atoms with E-state index < -0.39 is 21.7 Å². The average Bonchev–Trinajstić information content (AvgIpc) is 3.21. The highest BCUT2D eigenvalue weighted by atomic mass is 32.2. The summed E-state index contributed by atoms with van der Waals surface area (Å²) in [4.78, 5) is 25.9. The number of fused-ring (bicyclic) bond motifs is 2. The van der Waals surface area contributed by atoms with Crippen LogP contribution in [-0.2, 0) is 14.8 Å². The Kier molecular flexibility index (Phi) is 4.24. The predicted molar refractivity (Wildman–Crippen MR) is 106 cm³/mol. The lowest BCUT2D eigenvalue weighted by molar-refractivity contribution is 0.0606. The molecule has 28 heavy (non-hydrogen) atoms. The number of sulfonamides is 1. The summed E-state index contributed by atoms with van der Waals surface area (Å²) in [6.07, 6.45) is 0. The molecule has 2 aromatic carbocycles. The van der Waals surface area contributed by atoms with Gasteiger partial charge < -0.3 is 9.15 Å². The van der Waals surface area contributed by atoms with Gasteiger partial charge in [-0.25, -0.2) is 18.0 Å². The molecule has 0 aliphatic rings. The van der Waals surface area contributed by atoms with Crippen molar-refractivity contribution < 1.29 is 22.4 Å². The zero-order valence-corrected chi connectivity index (χ0v) is 16.4. The minimum Gasteiger partial charge on any atom is -0.465 e. The first-order valence-corrected chi connectivity index (χ1v) is 10.3. The number of carbonyl (C=O) groups is 1. The highest BCUT2D eigenvalue weighted by Crippen LogP contribution is 2.30. The largest absolute Gasteiger partial charge is 0.465 e. The molecule has 144 valence electrons. The van der Waals surface area contributed by atoms with Crippen LogP contribution in [0, 0.1) is 6.92 Å². The van der Waals surface area contributed by atoms with E-state index >= 15 is 0 Å². The summed E-state index contributed by atoms with van der Waals surface area (Å²) >= 11 is 1.26. The SMILES string of the molecule is COC(=O)c1cc2cc(NS(=O)(=O)c3cc4oc(=O)[nH]c4cc3C)ccc2s1. The van der Waals surface area contributed by atoms with Crippen LogP contribution < -0.4 is 10.5 Å². The quantitative estimate of drug-likeness (QED) is 0.491. The van der Waals surface area contributed by atoms with Gasteiger partial charge in [0.2, 0.25) is 0 Å². The first kappa shape index (κ1) is 18.3. The second kappa shape index (κ2) is 6.50. The number of methoxy groups -OCH3 is 1. The zero-order valence-electron chi connectivity index (χ0n) is 14.7. The van der Waals surface area contributed by atoms with Gasteiger partial charge in [-0.3, -0.25) is 9.71 Å². The van der Waals surface area contributed by atoms with Crippen molar-refractivity contribution in [3.8, 4) is 0 Å². The fourth-order valence-corrected chi connectivity index (χ4v) is 5.15. The Balaban J connectivity index is 1.72. The molecule has 2 N–H and O–H groups in total. The molecule has 0 saturated carbocycles. The number of hydrogen-bond acceptors (Lipinski definition) is 7. The number of ether oxygens (including phenoxy) is 1. The topological polar surface area (TPSA) is 118 Å². The van der Waals surface area contributed by atoms with Crippen LogP contribution in [0.2, 0.25) is 0 Å². The van der Waals surface area contributed by atoms with E-state index in [0.29, 0.717) is 21.6 Å². The lowest BCUT2D eigenvalue weighted by atomic mass is 10.2. The summed E-state index contributed by atoms with van der Waals surface area (Å²) in [5.74, 6) is -1.10. The molecule has 0 radical (unpaired) electrons. The molecule has 0 spiro atoms. The van der Waals surface area contributed by atoms with Crippen molar-refractivity contribution in [2.45, 2.75) is 11.8 Å². The fourth-order valence-electron chi connectivity index (χ4n) is 2.89. The maximum atomic E-state index is 12.9. The van der Waals surface area contributed by atoms with Crippen LogP contribution in [0.3, 0.4) is 0 Å². The van der Waals surface area contributed by atoms with Crippen LogP contribution in [0.5, 0.6) is 0 Å². The van der Waals surface area contributed by atoms with Crippen molar-refractivity contribution in [3.05, 3.63) is 57.4 Å². The van der Waals surface area contributed by atoms with Crippen LogP contribution in [0.25, 0.3) is 21.2 Å². The maximum absolute atomic E-state index is 12.9. The highest BCUT2D eigenvalue weighted by molar-refractivity contribution is 7.92. The first-order chi connectivity index (χ1) is 13.3. The molecule has 0 amide bonds. The molecule has 0 atom stereocenters. The molecule has 0 saturated heterocycles. The Morgan fingerprint density at radius 3 is 2.75 bits per heavy atom. The van der Waals surface area contributed by atoms with Crippen molar-refractivity contribution >= 4 is 54.2 Å². The van der Waals surface area contributed by atoms with E-state index in [2.05, 4.69) is 9.71 Å². The highest BCUT2D eigenvalue weighted by Gasteiger charge is 2.20. The lowest BCUT2D eigenvalue weighted by Gasteiger charge is -2.10. The van der Waals surface area contributed by atoms with Crippen LogP contribution in [0.4, 0.5) is 5.69 Å². The standard InChI is InChI=1S/C18H14N2O6S2/c1-9-5-12-13(26-18(22)19-12)8-16(9)28(23,24)20-11-3-4-14-10(6-11)7-15(27-14)17(21)25-2/h3-8,20H,1-2H3,(H,19,22). The van der Waals surface area contributed by atoms with Crippen molar-refractivity contribution in [2.24, 2.45) is 0 Å². The molecule has 4 rings (SSSR count).